The highest BCUT2D eigenvalue weighted by Crippen LogP contribution is 2.16. The second kappa shape index (κ2) is 7.45. The third kappa shape index (κ3) is 8.49. The van der Waals surface area contributed by atoms with Gasteiger partial charge in [0.1, 0.15) is 6.61 Å². The van der Waals surface area contributed by atoms with Crippen molar-refractivity contribution in [2.75, 3.05) is 19.8 Å². The van der Waals surface area contributed by atoms with Crippen LogP contribution in [0.2, 0.25) is 0 Å². The average Bonchev–Trinajstić information content (AvgIpc) is 2.13. The summed E-state index contributed by atoms with van der Waals surface area (Å²) in [6, 6.07) is 0. The van der Waals surface area contributed by atoms with Crippen LogP contribution in [0.5, 0.6) is 0 Å². The monoisotopic (exact) mass is 243 g/mol. The van der Waals surface area contributed by atoms with Gasteiger partial charge in [-0.15, -0.1) is 0 Å². The minimum Gasteiger partial charge on any atom is -0.481 e. The second-order valence-electron chi connectivity index (χ2n) is 3.45. The highest BCUT2D eigenvalue weighted by molar-refractivity contribution is 5.70. The normalized spacial score (nSPS) is 13.8. The summed E-state index contributed by atoms with van der Waals surface area (Å²) in [7, 11) is 0. The van der Waals surface area contributed by atoms with Crippen LogP contribution in [0, 0.1) is 5.92 Å². The molecule has 0 amide bonds. The molecule has 0 aliphatic rings. The molecule has 16 heavy (non-hydrogen) atoms. The van der Waals surface area contributed by atoms with Crippen molar-refractivity contribution in [1.29, 1.82) is 0 Å². The lowest BCUT2D eigenvalue weighted by Gasteiger charge is -2.13. The van der Waals surface area contributed by atoms with Crippen LogP contribution in [0.3, 0.4) is 0 Å². The predicted octanol–water partition coefficient (Wildman–Crippen LogP) is 1.40. The lowest BCUT2D eigenvalue weighted by atomic mass is 10.0. The van der Waals surface area contributed by atoms with Crippen molar-refractivity contribution < 1.29 is 27.8 Å². The summed E-state index contributed by atoms with van der Waals surface area (Å²) in [5.74, 6) is -2.03. The SMILES string of the molecule is NCCCCC(COCC(F)(F)F)C(=O)O. The van der Waals surface area contributed by atoms with Gasteiger partial charge in [-0.05, 0) is 19.4 Å². The van der Waals surface area contributed by atoms with Gasteiger partial charge >= 0.3 is 12.1 Å². The van der Waals surface area contributed by atoms with Crippen LogP contribution < -0.4 is 5.73 Å². The van der Waals surface area contributed by atoms with Crippen molar-refractivity contribution in [2.45, 2.75) is 25.4 Å². The van der Waals surface area contributed by atoms with Gasteiger partial charge in [-0.3, -0.25) is 4.79 Å². The zero-order valence-electron chi connectivity index (χ0n) is 8.79. The molecule has 0 radical (unpaired) electrons. The summed E-state index contributed by atoms with van der Waals surface area (Å²) in [4.78, 5) is 10.7. The van der Waals surface area contributed by atoms with Crippen molar-refractivity contribution in [3.63, 3.8) is 0 Å². The molecular weight excluding hydrogens is 227 g/mol. The molecule has 1 unspecified atom stereocenters. The first kappa shape index (κ1) is 15.2. The molecule has 0 spiro atoms. The molecule has 0 bridgehead atoms. The fraction of sp³-hybridized carbons (Fsp3) is 0.889. The van der Waals surface area contributed by atoms with Crippen LogP contribution in [0.1, 0.15) is 19.3 Å². The molecule has 3 N–H and O–H groups in total. The number of hydrogen-bond acceptors (Lipinski definition) is 3. The third-order valence-corrected chi connectivity index (χ3v) is 1.94. The number of carbonyl (C=O) groups is 1. The average molecular weight is 243 g/mol. The van der Waals surface area contributed by atoms with E-state index in [0.29, 0.717) is 19.4 Å². The van der Waals surface area contributed by atoms with Crippen LogP contribution in [-0.4, -0.2) is 37.0 Å². The Kier molecular flexibility index (Phi) is 7.07. The number of ether oxygens (including phenoxy) is 1. The number of unbranched alkanes of at least 4 members (excludes halogenated alkanes) is 1. The summed E-state index contributed by atoms with van der Waals surface area (Å²) < 4.78 is 39.5. The van der Waals surface area contributed by atoms with Gasteiger partial charge < -0.3 is 15.6 Å². The first-order valence-corrected chi connectivity index (χ1v) is 4.94. The number of hydrogen-bond donors (Lipinski definition) is 2. The standard InChI is InChI=1S/C9H16F3NO3/c10-9(11,12)6-16-5-7(8(14)15)3-1-2-4-13/h7H,1-6,13H2,(H,14,15). The van der Waals surface area contributed by atoms with E-state index < -0.39 is 31.3 Å². The smallest absolute Gasteiger partial charge is 0.411 e. The predicted molar refractivity (Wildman–Crippen MR) is 50.9 cm³/mol. The number of alkyl halides is 3. The third-order valence-electron chi connectivity index (χ3n) is 1.94. The first-order valence-electron chi connectivity index (χ1n) is 4.94. The molecule has 0 saturated heterocycles. The minimum absolute atomic E-state index is 0.282. The molecule has 0 heterocycles. The fourth-order valence-corrected chi connectivity index (χ4v) is 1.13. The minimum atomic E-state index is -4.42. The van der Waals surface area contributed by atoms with Crippen LogP contribution in [0.15, 0.2) is 0 Å². The molecule has 0 aromatic carbocycles. The van der Waals surface area contributed by atoms with Crippen molar-refractivity contribution in [3.8, 4) is 0 Å². The van der Waals surface area contributed by atoms with Gasteiger partial charge in [-0.25, -0.2) is 0 Å². The molecule has 96 valence electrons. The molecule has 7 heteroatoms. The molecule has 0 aliphatic heterocycles. The van der Waals surface area contributed by atoms with Gasteiger partial charge in [-0.2, -0.15) is 13.2 Å². The van der Waals surface area contributed by atoms with E-state index in [0.717, 1.165) is 0 Å². The van der Waals surface area contributed by atoms with Crippen molar-refractivity contribution >= 4 is 5.97 Å². The van der Waals surface area contributed by atoms with E-state index in [2.05, 4.69) is 4.74 Å². The van der Waals surface area contributed by atoms with Crippen LogP contribution >= 0.6 is 0 Å². The molecule has 0 saturated carbocycles. The van der Waals surface area contributed by atoms with E-state index in [1.54, 1.807) is 0 Å². The maximum absolute atomic E-state index is 11.7. The molecule has 0 aliphatic carbocycles. The van der Waals surface area contributed by atoms with Crippen molar-refractivity contribution in [3.05, 3.63) is 0 Å². The Morgan fingerprint density at radius 2 is 2.00 bits per heavy atom. The second-order valence-corrected chi connectivity index (χ2v) is 3.45. The van der Waals surface area contributed by atoms with Gasteiger partial charge in [0.2, 0.25) is 0 Å². The maximum Gasteiger partial charge on any atom is 0.411 e. The summed E-state index contributed by atoms with van der Waals surface area (Å²) in [5, 5.41) is 8.71. The first-order chi connectivity index (χ1) is 7.37. The van der Waals surface area contributed by atoms with Crippen LogP contribution in [0.4, 0.5) is 13.2 Å². The van der Waals surface area contributed by atoms with Crippen LogP contribution in [-0.2, 0) is 9.53 Å². The highest BCUT2D eigenvalue weighted by Gasteiger charge is 2.28. The van der Waals surface area contributed by atoms with E-state index in [-0.39, 0.29) is 6.42 Å². The number of rotatable bonds is 8. The number of aliphatic carboxylic acids is 1. The molecule has 4 nitrogen and oxygen atoms in total. The van der Waals surface area contributed by atoms with E-state index in [1.165, 1.54) is 0 Å². The van der Waals surface area contributed by atoms with E-state index in [4.69, 9.17) is 10.8 Å². The Bertz CT molecular complexity index is 209. The van der Waals surface area contributed by atoms with E-state index in [1.807, 2.05) is 0 Å². The Hall–Kier alpha value is -0.820. The number of halogens is 3. The van der Waals surface area contributed by atoms with Crippen molar-refractivity contribution in [2.24, 2.45) is 11.7 Å². The van der Waals surface area contributed by atoms with Gasteiger partial charge in [0.25, 0.3) is 0 Å². The molecular formula is C9H16F3NO3. The molecule has 0 aromatic rings. The molecule has 1 atom stereocenters. The zero-order valence-corrected chi connectivity index (χ0v) is 8.79. The lowest BCUT2D eigenvalue weighted by Crippen LogP contribution is -2.24. The zero-order chi connectivity index (χ0) is 12.6. The summed E-state index contributed by atoms with van der Waals surface area (Å²) >= 11 is 0. The van der Waals surface area contributed by atoms with Gasteiger partial charge in [-0.1, -0.05) is 6.42 Å². The molecule has 0 rings (SSSR count). The van der Waals surface area contributed by atoms with Gasteiger partial charge in [0, 0.05) is 0 Å². The van der Waals surface area contributed by atoms with Gasteiger partial charge in [0.15, 0.2) is 0 Å². The quantitative estimate of drug-likeness (QED) is 0.632. The Morgan fingerprint density at radius 3 is 2.44 bits per heavy atom. The molecule has 0 fully saturated rings. The summed E-state index contributed by atoms with van der Waals surface area (Å²) in [6.07, 6.45) is -2.91. The van der Waals surface area contributed by atoms with Crippen molar-refractivity contribution in [1.82, 2.24) is 0 Å². The Labute approximate surface area is 91.6 Å². The highest BCUT2D eigenvalue weighted by atomic mass is 19.4. The summed E-state index contributed by atoms with van der Waals surface area (Å²) in [6.45, 7) is -1.39. The lowest BCUT2D eigenvalue weighted by molar-refractivity contribution is -0.179. The number of nitrogens with two attached hydrogens (primary N) is 1. The topological polar surface area (TPSA) is 72.5 Å². The number of carboxylic acid groups (broad SMARTS) is 1. The number of carboxylic acids is 1. The van der Waals surface area contributed by atoms with Gasteiger partial charge in [0.05, 0.1) is 12.5 Å². The fourth-order valence-electron chi connectivity index (χ4n) is 1.13. The maximum atomic E-state index is 11.7. The Balaban J connectivity index is 3.81. The Morgan fingerprint density at radius 1 is 1.38 bits per heavy atom. The summed E-state index contributed by atoms with van der Waals surface area (Å²) in [5.41, 5.74) is 5.22. The van der Waals surface area contributed by atoms with E-state index in [9.17, 15) is 18.0 Å². The van der Waals surface area contributed by atoms with E-state index >= 15 is 0 Å². The molecule has 0 aromatic heterocycles. The van der Waals surface area contributed by atoms with Crippen LogP contribution in [0.25, 0.3) is 0 Å². The largest absolute Gasteiger partial charge is 0.481 e.